The van der Waals surface area contributed by atoms with Crippen LogP contribution in [0.5, 0.6) is 0 Å². The number of morpholine rings is 1. The van der Waals surface area contributed by atoms with Gasteiger partial charge in [-0.05, 0) is 48.4 Å². The second kappa shape index (κ2) is 9.19. The maximum Gasteiger partial charge on any atom is 0.329 e. The molecule has 2 saturated heterocycles. The minimum absolute atomic E-state index is 0.0173. The van der Waals surface area contributed by atoms with Crippen LogP contribution < -0.4 is 15.5 Å². The SMILES string of the molecule is Cc1cc(N2CCOCC2)ccc1/C=C1\NC(=O)N(CC(=O)Nc2ccccc2F)C1=O. The van der Waals surface area contributed by atoms with E-state index in [1.807, 2.05) is 25.1 Å². The van der Waals surface area contributed by atoms with Crippen molar-refractivity contribution in [1.82, 2.24) is 10.2 Å². The molecule has 32 heavy (non-hydrogen) atoms. The number of rotatable bonds is 5. The molecule has 9 heteroatoms. The van der Waals surface area contributed by atoms with Crippen LogP contribution in [0.15, 0.2) is 48.2 Å². The molecule has 2 fully saturated rings. The van der Waals surface area contributed by atoms with E-state index in [4.69, 9.17) is 4.74 Å². The van der Waals surface area contributed by atoms with Gasteiger partial charge in [-0.2, -0.15) is 0 Å². The van der Waals surface area contributed by atoms with Gasteiger partial charge in [0.25, 0.3) is 5.91 Å². The molecule has 0 aromatic heterocycles. The fraction of sp³-hybridized carbons (Fsp3) is 0.261. The zero-order valence-electron chi connectivity index (χ0n) is 17.6. The number of nitrogens with one attached hydrogen (secondary N) is 2. The molecular weight excluding hydrogens is 415 g/mol. The summed E-state index contributed by atoms with van der Waals surface area (Å²) in [4.78, 5) is 40.2. The predicted octanol–water partition coefficient (Wildman–Crippen LogP) is 2.50. The lowest BCUT2D eigenvalue weighted by molar-refractivity contribution is -0.127. The van der Waals surface area contributed by atoms with Gasteiger partial charge in [-0.15, -0.1) is 0 Å². The minimum Gasteiger partial charge on any atom is -0.378 e. The summed E-state index contributed by atoms with van der Waals surface area (Å²) in [5.74, 6) is -1.89. The van der Waals surface area contributed by atoms with E-state index in [-0.39, 0.29) is 11.4 Å². The third-order valence-corrected chi connectivity index (χ3v) is 5.34. The lowest BCUT2D eigenvalue weighted by Crippen LogP contribution is -2.38. The summed E-state index contributed by atoms with van der Waals surface area (Å²) in [5, 5.41) is 4.87. The van der Waals surface area contributed by atoms with Crippen LogP contribution in [-0.2, 0) is 14.3 Å². The second-order valence-electron chi connectivity index (χ2n) is 7.55. The van der Waals surface area contributed by atoms with Crippen molar-refractivity contribution in [2.75, 3.05) is 43.1 Å². The molecule has 2 heterocycles. The summed E-state index contributed by atoms with van der Waals surface area (Å²) in [6.45, 7) is 4.41. The van der Waals surface area contributed by atoms with E-state index in [2.05, 4.69) is 15.5 Å². The minimum atomic E-state index is -0.701. The Kier molecular flexibility index (Phi) is 6.18. The third-order valence-electron chi connectivity index (χ3n) is 5.34. The number of carbonyl (C=O) groups is 3. The largest absolute Gasteiger partial charge is 0.378 e. The Morgan fingerprint density at radius 1 is 1.19 bits per heavy atom. The number of nitrogens with zero attached hydrogens (tertiary/aromatic N) is 2. The highest BCUT2D eigenvalue weighted by molar-refractivity contribution is 6.16. The van der Waals surface area contributed by atoms with Crippen molar-refractivity contribution in [3.05, 3.63) is 65.1 Å². The van der Waals surface area contributed by atoms with Gasteiger partial charge in [-0.1, -0.05) is 18.2 Å². The van der Waals surface area contributed by atoms with Gasteiger partial charge < -0.3 is 20.3 Å². The molecule has 0 radical (unpaired) electrons. The number of anilines is 2. The topological polar surface area (TPSA) is 91.0 Å². The van der Waals surface area contributed by atoms with Crippen molar-refractivity contribution in [2.45, 2.75) is 6.92 Å². The van der Waals surface area contributed by atoms with Crippen molar-refractivity contribution in [3.63, 3.8) is 0 Å². The number of ether oxygens (including phenoxy) is 1. The molecule has 2 aromatic rings. The monoisotopic (exact) mass is 438 g/mol. The number of halogens is 1. The van der Waals surface area contributed by atoms with Gasteiger partial charge in [0.05, 0.1) is 18.9 Å². The summed E-state index contributed by atoms with van der Waals surface area (Å²) in [7, 11) is 0. The number of para-hydroxylation sites is 1. The molecule has 8 nitrogen and oxygen atoms in total. The van der Waals surface area contributed by atoms with Gasteiger partial charge in [0, 0.05) is 18.8 Å². The number of amides is 4. The molecule has 2 aliphatic heterocycles. The van der Waals surface area contributed by atoms with Gasteiger partial charge >= 0.3 is 6.03 Å². The number of hydrogen-bond acceptors (Lipinski definition) is 5. The molecule has 0 bridgehead atoms. The molecule has 4 amide bonds. The smallest absolute Gasteiger partial charge is 0.329 e. The molecule has 2 aliphatic rings. The van der Waals surface area contributed by atoms with Crippen LogP contribution in [0.1, 0.15) is 11.1 Å². The summed E-state index contributed by atoms with van der Waals surface area (Å²) >= 11 is 0. The van der Waals surface area contributed by atoms with Crippen LogP contribution in [-0.4, -0.2) is 55.6 Å². The summed E-state index contributed by atoms with van der Waals surface area (Å²) in [6, 6.07) is 10.8. The molecule has 0 spiro atoms. The van der Waals surface area contributed by atoms with Crippen LogP contribution in [0.4, 0.5) is 20.6 Å². The second-order valence-corrected chi connectivity index (χ2v) is 7.55. The highest BCUT2D eigenvalue weighted by Crippen LogP contribution is 2.23. The zero-order chi connectivity index (χ0) is 22.7. The predicted molar refractivity (Wildman–Crippen MR) is 117 cm³/mol. The number of urea groups is 1. The number of imide groups is 1. The third kappa shape index (κ3) is 4.62. The molecule has 0 unspecified atom stereocenters. The maximum atomic E-state index is 13.7. The summed E-state index contributed by atoms with van der Waals surface area (Å²) in [5.41, 5.74) is 2.86. The molecule has 0 atom stereocenters. The number of benzene rings is 2. The Labute approximate surface area is 184 Å². The maximum absolute atomic E-state index is 13.7. The number of carbonyl (C=O) groups excluding carboxylic acids is 3. The van der Waals surface area contributed by atoms with Crippen LogP contribution in [0.2, 0.25) is 0 Å². The van der Waals surface area contributed by atoms with E-state index in [1.165, 1.54) is 18.2 Å². The van der Waals surface area contributed by atoms with Crippen LogP contribution in [0, 0.1) is 12.7 Å². The van der Waals surface area contributed by atoms with Gasteiger partial charge in [-0.25, -0.2) is 14.1 Å². The molecule has 0 saturated carbocycles. The van der Waals surface area contributed by atoms with E-state index in [0.717, 1.165) is 34.8 Å². The van der Waals surface area contributed by atoms with Crippen molar-refractivity contribution in [2.24, 2.45) is 0 Å². The van der Waals surface area contributed by atoms with Crippen molar-refractivity contribution in [3.8, 4) is 0 Å². The zero-order valence-corrected chi connectivity index (χ0v) is 17.6. The Bertz CT molecular complexity index is 1100. The first-order chi connectivity index (χ1) is 15.4. The van der Waals surface area contributed by atoms with E-state index >= 15 is 0 Å². The quantitative estimate of drug-likeness (QED) is 0.553. The first-order valence-corrected chi connectivity index (χ1v) is 10.2. The molecule has 2 N–H and O–H groups in total. The summed E-state index contributed by atoms with van der Waals surface area (Å²) < 4.78 is 19.1. The summed E-state index contributed by atoms with van der Waals surface area (Å²) in [6.07, 6.45) is 1.59. The Morgan fingerprint density at radius 3 is 2.66 bits per heavy atom. The normalized spacial score (nSPS) is 17.6. The fourth-order valence-corrected chi connectivity index (χ4v) is 3.61. The van der Waals surface area contributed by atoms with Crippen LogP contribution >= 0.6 is 0 Å². The molecule has 166 valence electrons. The van der Waals surface area contributed by atoms with Crippen molar-refractivity contribution < 1.29 is 23.5 Å². The average Bonchev–Trinajstić information content (AvgIpc) is 3.04. The van der Waals surface area contributed by atoms with E-state index < -0.39 is 30.2 Å². The lowest BCUT2D eigenvalue weighted by atomic mass is 10.1. The van der Waals surface area contributed by atoms with Crippen molar-refractivity contribution in [1.29, 1.82) is 0 Å². The Balaban J connectivity index is 1.45. The molecule has 0 aliphatic carbocycles. The average molecular weight is 438 g/mol. The number of hydrogen-bond donors (Lipinski definition) is 2. The van der Waals surface area contributed by atoms with Crippen LogP contribution in [0.3, 0.4) is 0 Å². The van der Waals surface area contributed by atoms with E-state index in [1.54, 1.807) is 12.1 Å². The highest BCUT2D eigenvalue weighted by Gasteiger charge is 2.35. The van der Waals surface area contributed by atoms with E-state index in [0.29, 0.717) is 13.2 Å². The Hall–Kier alpha value is -3.72. The highest BCUT2D eigenvalue weighted by atomic mass is 19.1. The number of aryl methyl sites for hydroxylation is 1. The first-order valence-electron chi connectivity index (χ1n) is 10.2. The molecular formula is C23H23FN4O4. The van der Waals surface area contributed by atoms with Gasteiger partial charge in [0.15, 0.2) is 0 Å². The van der Waals surface area contributed by atoms with Crippen molar-refractivity contribution >= 4 is 35.3 Å². The molecule has 4 rings (SSSR count). The van der Waals surface area contributed by atoms with Gasteiger partial charge in [-0.3, -0.25) is 9.59 Å². The van der Waals surface area contributed by atoms with Crippen LogP contribution in [0.25, 0.3) is 6.08 Å². The van der Waals surface area contributed by atoms with Gasteiger partial charge in [0.2, 0.25) is 5.91 Å². The van der Waals surface area contributed by atoms with E-state index in [9.17, 15) is 18.8 Å². The van der Waals surface area contributed by atoms with Gasteiger partial charge in [0.1, 0.15) is 18.1 Å². The fourth-order valence-electron chi connectivity index (χ4n) is 3.61. The lowest BCUT2D eigenvalue weighted by Gasteiger charge is -2.29. The first kappa shape index (κ1) is 21.5. The standard InChI is InChI=1S/C23H23FN4O4/c1-15-12-17(27-8-10-32-11-9-27)7-6-16(15)13-20-22(30)28(23(31)26-20)14-21(29)25-19-5-3-2-4-18(19)24/h2-7,12-13H,8-11,14H2,1H3,(H,25,29)(H,26,31)/b20-13-. The Morgan fingerprint density at radius 2 is 1.94 bits per heavy atom. The molecule has 2 aromatic carbocycles.